The summed E-state index contributed by atoms with van der Waals surface area (Å²) in [6.45, 7) is 3.91. The summed E-state index contributed by atoms with van der Waals surface area (Å²) in [7, 11) is 0. The minimum Gasteiger partial charge on any atom is -0.252 e. The molecule has 0 aliphatic carbocycles. The molecule has 3 heterocycles. The molecule has 0 unspecified atom stereocenters. The van der Waals surface area contributed by atoms with Crippen LogP contribution in [0.4, 0.5) is 8.78 Å². The van der Waals surface area contributed by atoms with Crippen LogP contribution in [0.2, 0.25) is 0 Å². The Bertz CT molecular complexity index is 1100. The molecule has 0 saturated heterocycles. The molecule has 0 radical (unpaired) electrons. The summed E-state index contributed by atoms with van der Waals surface area (Å²) in [5, 5.41) is 4.59. The van der Waals surface area contributed by atoms with Gasteiger partial charge in [-0.1, -0.05) is 24.3 Å². The Morgan fingerprint density at radius 2 is 1.57 bits per heavy atom. The number of benzene rings is 1. The van der Waals surface area contributed by atoms with Crippen molar-refractivity contribution < 1.29 is 8.78 Å². The highest BCUT2D eigenvalue weighted by Gasteiger charge is 2.29. The number of aromatic nitrogens is 5. The number of hydrogen-bond donors (Lipinski definition) is 0. The van der Waals surface area contributed by atoms with E-state index in [1.807, 2.05) is 50.2 Å². The summed E-state index contributed by atoms with van der Waals surface area (Å²) in [6.07, 6.45) is 1.66. The molecular weight excluding hydrogens is 360 g/mol. The number of para-hydroxylation sites is 1. The monoisotopic (exact) mass is 377 g/mol. The van der Waals surface area contributed by atoms with Crippen molar-refractivity contribution >= 4 is 0 Å². The predicted molar refractivity (Wildman–Crippen MR) is 101 cm³/mol. The minimum atomic E-state index is -0.885. The van der Waals surface area contributed by atoms with E-state index in [9.17, 15) is 8.78 Å². The molecule has 140 valence electrons. The molecule has 0 amide bonds. The fraction of sp³-hybridized carbons (Fsp3) is 0.143. The Morgan fingerprint density at radius 3 is 2.29 bits per heavy atom. The smallest absolute Gasteiger partial charge is 0.216 e. The largest absolute Gasteiger partial charge is 0.252 e. The highest BCUT2D eigenvalue weighted by atomic mass is 19.1. The van der Waals surface area contributed by atoms with Crippen LogP contribution >= 0.6 is 0 Å². The third-order valence-electron chi connectivity index (χ3n) is 4.52. The van der Waals surface area contributed by atoms with E-state index in [0.717, 1.165) is 17.8 Å². The maximum Gasteiger partial charge on any atom is 0.216 e. The maximum absolute atomic E-state index is 13.5. The molecule has 4 aromatic rings. The van der Waals surface area contributed by atoms with E-state index in [2.05, 4.69) is 20.1 Å². The Kier molecular flexibility index (Phi) is 4.43. The molecule has 0 spiro atoms. The molecule has 5 nitrogen and oxygen atoms in total. The fourth-order valence-corrected chi connectivity index (χ4v) is 2.93. The standard InChI is InChI=1S/C21H17F2N5/c1-21(2,20-24-13-28(27-20)15-7-4-3-5-8-15)17-10-6-9-16(25-17)14-11-18(22)26-19(23)12-14/h3-13H,1-2H3. The molecule has 0 atom stereocenters. The zero-order chi connectivity index (χ0) is 19.7. The van der Waals surface area contributed by atoms with E-state index in [1.165, 1.54) is 0 Å². The van der Waals surface area contributed by atoms with Crippen LogP contribution in [-0.4, -0.2) is 24.7 Å². The number of rotatable bonds is 4. The van der Waals surface area contributed by atoms with Gasteiger partial charge in [0.25, 0.3) is 0 Å². The van der Waals surface area contributed by atoms with Crippen molar-refractivity contribution in [1.82, 2.24) is 24.7 Å². The van der Waals surface area contributed by atoms with Crippen molar-refractivity contribution in [1.29, 1.82) is 0 Å². The Balaban J connectivity index is 1.71. The van der Waals surface area contributed by atoms with Crippen LogP contribution < -0.4 is 0 Å². The van der Waals surface area contributed by atoms with Crippen LogP contribution in [0.15, 0.2) is 67.0 Å². The van der Waals surface area contributed by atoms with Gasteiger partial charge in [-0.05, 0) is 38.1 Å². The van der Waals surface area contributed by atoms with E-state index in [0.29, 0.717) is 22.8 Å². The van der Waals surface area contributed by atoms with Gasteiger partial charge in [0.15, 0.2) is 5.82 Å². The van der Waals surface area contributed by atoms with Crippen LogP contribution in [0.3, 0.4) is 0 Å². The van der Waals surface area contributed by atoms with Gasteiger partial charge >= 0.3 is 0 Å². The normalized spacial score (nSPS) is 11.6. The number of nitrogens with zero attached hydrogens (tertiary/aromatic N) is 5. The van der Waals surface area contributed by atoms with E-state index >= 15 is 0 Å². The molecule has 7 heteroatoms. The molecular formula is C21H17F2N5. The highest BCUT2D eigenvalue weighted by molar-refractivity contribution is 5.59. The molecule has 0 fully saturated rings. The average Bonchev–Trinajstić information content (AvgIpc) is 3.19. The Morgan fingerprint density at radius 1 is 0.857 bits per heavy atom. The first-order valence-electron chi connectivity index (χ1n) is 8.72. The Hall–Kier alpha value is -3.48. The van der Waals surface area contributed by atoms with Crippen molar-refractivity contribution in [2.24, 2.45) is 0 Å². The lowest BCUT2D eigenvalue weighted by Gasteiger charge is -2.21. The molecule has 3 aromatic heterocycles. The zero-order valence-corrected chi connectivity index (χ0v) is 15.3. The van der Waals surface area contributed by atoms with Gasteiger partial charge in [-0.2, -0.15) is 18.9 Å². The molecule has 28 heavy (non-hydrogen) atoms. The maximum atomic E-state index is 13.5. The van der Waals surface area contributed by atoms with Gasteiger partial charge in [0.05, 0.1) is 22.5 Å². The van der Waals surface area contributed by atoms with E-state index in [-0.39, 0.29) is 0 Å². The molecule has 4 rings (SSSR count). The van der Waals surface area contributed by atoms with Crippen LogP contribution in [0.1, 0.15) is 25.4 Å². The van der Waals surface area contributed by atoms with Crippen molar-refractivity contribution in [3.05, 3.63) is 90.4 Å². The molecule has 1 aromatic carbocycles. The predicted octanol–water partition coefficient (Wildman–Crippen LogP) is 4.33. The second-order valence-corrected chi connectivity index (χ2v) is 6.88. The SMILES string of the molecule is CC(C)(c1cccc(-c2cc(F)nc(F)c2)n1)c1ncn(-c2ccccc2)n1. The van der Waals surface area contributed by atoms with E-state index in [1.54, 1.807) is 23.1 Å². The quantitative estimate of drug-likeness (QED) is 0.497. The summed E-state index contributed by atoms with van der Waals surface area (Å²) >= 11 is 0. The molecule has 0 aliphatic heterocycles. The van der Waals surface area contributed by atoms with E-state index in [4.69, 9.17) is 0 Å². The second kappa shape index (κ2) is 6.92. The van der Waals surface area contributed by atoms with Crippen molar-refractivity contribution in [2.45, 2.75) is 19.3 Å². The van der Waals surface area contributed by atoms with Gasteiger partial charge in [-0.15, -0.1) is 0 Å². The summed E-state index contributed by atoms with van der Waals surface area (Å²) in [4.78, 5) is 12.2. The van der Waals surface area contributed by atoms with Gasteiger partial charge in [-0.25, -0.2) is 9.67 Å². The molecule has 0 aliphatic rings. The van der Waals surface area contributed by atoms with Crippen LogP contribution in [0.25, 0.3) is 16.9 Å². The summed E-state index contributed by atoms with van der Waals surface area (Å²) in [5.74, 6) is -1.18. The van der Waals surface area contributed by atoms with Crippen molar-refractivity contribution in [2.75, 3.05) is 0 Å². The number of halogens is 2. The minimum absolute atomic E-state index is 0.324. The first-order chi connectivity index (χ1) is 13.4. The first-order valence-corrected chi connectivity index (χ1v) is 8.72. The number of hydrogen-bond acceptors (Lipinski definition) is 4. The van der Waals surface area contributed by atoms with Crippen LogP contribution in [-0.2, 0) is 5.41 Å². The number of pyridine rings is 2. The second-order valence-electron chi connectivity index (χ2n) is 6.88. The van der Waals surface area contributed by atoms with Gasteiger partial charge < -0.3 is 0 Å². The zero-order valence-electron chi connectivity index (χ0n) is 15.3. The van der Waals surface area contributed by atoms with Crippen molar-refractivity contribution in [3.8, 4) is 16.9 Å². The highest BCUT2D eigenvalue weighted by Crippen LogP contribution is 2.29. The van der Waals surface area contributed by atoms with Gasteiger partial charge in [0.1, 0.15) is 6.33 Å². The third-order valence-corrected chi connectivity index (χ3v) is 4.52. The van der Waals surface area contributed by atoms with E-state index < -0.39 is 17.3 Å². The molecule has 0 saturated carbocycles. The van der Waals surface area contributed by atoms with Gasteiger partial charge in [0, 0.05) is 17.7 Å². The molecule has 0 N–H and O–H groups in total. The summed E-state index contributed by atoms with van der Waals surface area (Å²) < 4.78 is 28.7. The van der Waals surface area contributed by atoms with Crippen LogP contribution in [0, 0.1) is 11.9 Å². The summed E-state index contributed by atoms with van der Waals surface area (Å²) in [6, 6.07) is 17.3. The lowest BCUT2D eigenvalue weighted by Crippen LogP contribution is -2.23. The lowest BCUT2D eigenvalue weighted by atomic mass is 9.87. The Labute approximate surface area is 160 Å². The van der Waals surface area contributed by atoms with Crippen LogP contribution in [0.5, 0.6) is 0 Å². The fourth-order valence-electron chi connectivity index (χ4n) is 2.93. The van der Waals surface area contributed by atoms with Gasteiger partial charge in [0.2, 0.25) is 11.9 Å². The average molecular weight is 377 g/mol. The lowest BCUT2D eigenvalue weighted by molar-refractivity contribution is 0.513. The molecule has 0 bridgehead atoms. The topological polar surface area (TPSA) is 56.5 Å². The summed E-state index contributed by atoms with van der Waals surface area (Å²) in [5.41, 5.74) is 1.76. The first kappa shape index (κ1) is 17.9. The third kappa shape index (κ3) is 3.38. The van der Waals surface area contributed by atoms with Crippen molar-refractivity contribution in [3.63, 3.8) is 0 Å². The van der Waals surface area contributed by atoms with Gasteiger partial charge in [-0.3, -0.25) is 4.98 Å².